The average molecular weight is 483 g/mol. The third kappa shape index (κ3) is 3.92. The summed E-state index contributed by atoms with van der Waals surface area (Å²) in [6.45, 7) is 2.26. The smallest absolute Gasteiger partial charge is 0.0645 e. The van der Waals surface area contributed by atoms with E-state index in [4.69, 9.17) is 4.74 Å². The van der Waals surface area contributed by atoms with Crippen LogP contribution in [0.25, 0.3) is 5.69 Å². The van der Waals surface area contributed by atoms with E-state index < -0.39 is 7.05 Å². The number of hydrogen-bond donors (Lipinski definition) is 0. The minimum absolute atomic E-state index is 1.00. The highest BCUT2D eigenvalue weighted by molar-refractivity contribution is 14.1. The lowest BCUT2D eigenvalue weighted by molar-refractivity contribution is 0.881. The molecular formula is C22H19IN3P. The Balaban J connectivity index is 1.87. The van der Waals surface area contributed by atoms with Gasteiger partial charge in [0.15, 0.2) is 0 Å². The quantitative estimate of drug-likeness (QED) is 0.275. The molecule has 1 aromatic heterocycles. The van der Waals surface area contributed by atoms with Crippen molar-refractivity contribution in [3.05, 3.63) is 101 Å². The molecule has 0 N–H and O–H groups in total. The first-order valence-electron chi connectivity index (χ1n) is 8.67. The number of aromatic nitrogens is 2. The van der Waals surface area contributed by atoms with Crippen LogP contribution in [0.15, 0.2) is 102 Å². The van der Waals surface area contributed by atoms with E-state index in [1.165, 1.54) is 8.87 Å². The summed E-state index contributed by atoms with van der Waals surface area (Å²) in [5.41, 5.74) is 2.06. The highest BCUT2D eigenvalue weighted by atomic mass is 127. The second-order valence-corrected chi connectivity index (χ2v) is 10.7. The zero-order valence-corrected chi connectivity index (χ0v) is 18.0. The maximum absolute atomic E-state index is 5.23. The van der Waals surface area contributed by atoms with Crippen LogP contribution in [0.5, 0.6) is 0 Å². The van der Waals surface area contributed by atoms with E-state index in [1.54, 1.807) is 0 Å². The van der Waals surface area contributed by atoms with Gasteiger partial charge in [-0.15, -0.1) is 0 Å². The van der Waals surface area contributed by atoms with Gasteiger partial charge in [0.1, 0.15) is 0 Å². The molecule has 0 amide bonds. The van der Waals surface area contributed by atoms with E-state index in [0.717, 1.165) is 16.7 Å². The third-order valence-corrected chi connectivity index (χ3v) is 8.38. The highest BCUT2D eigenvalue weighted by Crippen LogP contribution is 2.46. The zero-order valence-electron chi connectivity index (χ0n) is 14.9. The molecule has 1 atom stereocenters. The molecule has 0 aliphatic rings. The monoisotopic (exact) mass is 483 g/mol. The molecule has 4 aromatic rings. The number of benzene rings is 3. The van der Waals surface area contributed by atoms with Gasteiger partial charge in [-0.1, -0.05) is 48.5 Å². The second-order valence-electron chi connectivity index (χ2n) is 6.35. The SMILES string of the molecule is CP(=Nc1ccc(I)cc1)(c1ccccc1)c1cnn(-c2ccccc2)c1. The van der Waals surface area contributed by atoms with E-state index in [9.17, 15) is 0 Å². The van der Waals surface area contributed by atoms with Crippen molar-refractivity contribution in [2.75, 3.05) is 6.66 Å². The van der Waals surface area contributed by atoms with E-state index in [-0.39, 0.29) is 0 Å². The lowest BCUT2D eigenvalue weighted by Gasteiger charge is -2.19. The van der Waals surface area contributed by atoms with Gasteiger partial charge in [-0.3, -0.25) is 4.74 Å². The molecule has 0 saturated heterocycles. The third-order valence-electron chi connectivity index (χ3n) is 4.49. The minimum Gasteiger partial charge on any atom is -0.259 e. The fourth-order valence-electron chi connectivity index (χ4n) is 2.98. The predicted molar refractivity (Wildman–Crippen MR) is 123 cm³/mol. The van der Waals surface area contributed by atoms with E-state index in [2.05, 4.69) is 101 Å². The van der Waals surface area contributed by atoms with Gasteiger partial charge in [0.2, 0.25) is 0 Å². The van der Waals surface area contributed by atoms with Gasteiger partial charge in [-0.05, 0) is 71.0 Å². The van der Waals surface area contributed by atoms with Crippen molar-refractivity contribution < 1.29 is 0 Å². The van der Waals surface area contributed by atoms with Crippen LogP contribution < -0.4 is 10.6 Å². The maximum atomic E-state index is 5.23. The standard InChI is InChI=1S/C22H19IN3P/c1-27(21-10-6-3-7-11-21,25-19-14-12-18(23)13-15-19)22-16-24-26(17-22)20-8-4-2-5-9-20/h2-17H,1H3. The zero-order chi connectivity index (χ0) is 18.7. The van der Waals surface area contributed by atoms with Crippen LogP contribution >= 0.6 is 29.6 Å². The Labute approximate surface area is 173 Å². The molecule has 0 aliphatic carbocycles. The molecule has 0 bridgehead atoms. The molecule has 0 fully saturated rings. The average Bonchev–Trinajstić information content (AvgIpc) is 3.22. The van der Waals surface area contributed by atoms with Gasteiger partial charge < -0.3 is 0 Å². The van der Waals surface area contributed by atoms with Crippen LogP contribution in [0.2, 0.25) is 0 Å². The predicted octanol–water partition coefficient (Wildman–Crippen LogP) is 5.59. The van der Waals surface area contributed by atoms with Crippen LogP contribution in [0.1, 0.15) is 0 Å². The van der Waals surface area contributed by atoms with Gasteiger partial charge in [-0.2, -0.15) is 5.10 Å². The van der Waals surface area contributed by atoms with Crippen LogP contribution in [-0.4, -0.2) is 16.4 Å². The summed E-state index contributed by atoms with van der Waals surface area (Å²) in [5.74, 6) is 0. The molecule has 0 radical (unpaired) electrons. The summed E-state index contributed by atoms with van der Waals surface area (Å²) in [5, 5.41) is 7.03. The van der Waals surface area contributed by atoms with Crippen molar-refractivity contribution in [3.63, 3.8) is 0 Å². The fraction of sp³-hybridized carbons (Fsp3) is 0.0455. The maximum Gasteiger partial charge on any atom is 0.0645 e. The van der Waals surface area contributed by atoms with Crippen LogP contribution in [0, 0.1) is 3.57 Å². The Morgan fingerprint density at radius 1 is 0.815 bits per heavy atom. The molecule has 134 valence electrons. The minimum atomic E-state index is -1.97. The van der Waals surface area contributed by atoms with Gasteiger partial charge in [0, 0.05) is 22.1 Å². The number of hydrogen-bond acceptors (Lipinski definition) is 2. The van der Waals surface area contributed by atoms with Crippen molar-refractivity contribution >= 4 is 45.9 Å². The van der Waals surface area contributed by atoms with Crippen molar-refractivity contribution in [2.45, 2.75) is 0 Å². The molecule has 1 unspecified atom stereocenters. The Morgan fingerprint density at radius 3 is 2.11 bits per heavy atom. The van der Waals surface area contributed by atoms with E-state index in [0.29, 0.717) is 0 Å². The first-order chi connectivity index (χ1) is 13.1. The van der Waals surface area contributed by atoms with Gasteiger partial charge >= 0.3 is 0 Å². The number of para-hydroxylation sites is 1. The molecule has 0 aliphatic heterocycles. The molecule has 27 heavy (non-hydrogen) atoms. The second kappa shape index (κ2) is 7.83. The Bertz CT molecular complexity index is 1090. The molecule has 3 aromatic carbocycles. The normalized spacial score (nSPS) is 13.1. The van der Waals surface area contributed by atoms with Crippen molar-refractivity contribution in [1.82, 2.24) is 9.78 Å². The number of halogens is 1. The van der Waals surface area contributed by atoms with E-state index >= 15 is 0 Å². The van der Waals surface area contributed by atoms with Gasteiger partial charge in [0.25, 0.3) is 0 Å². The molecule has 0 spiro atoms. The lowest BCUT2D eigenvalue weighted by atomic mass is 10.3. The van der Waals surface area contributed by atoms with Crippen LogP contribution in [0.3, 0.4) is 0 Å². The topological polar surface area (TPSA) is 30.2 Å². The van der Waals surface area contributed by atoms with Gasteiger partial charge in [-0.25, -0.2) is 4.68 Å². The van der Waals surface area contributed by atoms with Gasteiger partial charge in [0.05, 0.1) is 17.6 Å². The number of rotatable bonds is 4. The number of nitrogens with zero attached hydrogens (tertiary/aromatic N) is 3. The summed E-state index contributed by atoms with van der Waals surface area (Å²) in [7, 11) is -1.97. The molecule has 0 saturated carbocycles. The Morgan fingerprint density at radius 2 is 1.44 bits per heavy atom. The van der Waals surface area contributed by atoms with Crippen LogP contribution in [0.4, 0.5) is 5.69 Å². The first kappa shape index (κ1) is 18.2. The Hall–Kier alpha value is -2.17. The molecule has 4 rings (SSSR count). The largest absolute Gasteiger partial charge is 0.259 e. The fourth-order valence-corrected chi connectivity index (χ4v) is 5.83. The molecule has 5 heteroatoms. The summed E-state index contributed by atoms with van der Waals surface area (Å²) in [4.78, 5) is 0. The van der Waals surface area contributed by atoms with E-state index in [1.807, 2.05) is 35.1 Å². The summed E-state index contributed by atoms with van der Waals surface area (Å²) >= 11 is 2.32. The molecule has 3 nitrogen and oxygen atoms in total. The summed E-state index contributed by atoms with van der Waals surface area (Å²) in [6.07, 6.45) is 4.08. The molecular weight excluding hydrogens is 464 g/mol. The Kier molecular flexibility index (Phi) is 5.28. The summed E-state index contributed by atoms with van der Waals surface area (Å²) in [6, 6.07) is 29.1. The summed E-state index contributed by atoms with van der Waals surface area (Å²) < 4.78 is 8.38. The van der Waals surface area contributed by atoms with Crippen molar-refractivity contribution in [1.29, 1.82) is 0 Å². The van der Waals surface area contributed by atoms with Crippen molar-refractivity contribution in [3.8, 4) is 5.69 Å². The molecule has 1 heterocycles. The van der Waals surface area contributed by atoms with Crippen LogP contribution in [-0.2, 0) is 0 Å². The van der Waals surface area contributed by atoms with Crippen molar-refractivity contribution in [2.24, 2.45) is 4.74 Å². The first-order valence-corrected chi connectivity index (χ1v) is 11.9. The lowest BCUT2D eigenvalue weighted by Crippen LogP contribution is -2.14. The highest BCUT2D eigenvalue weighted by Gasteiger charge is 2.21.